The molecular formula is C22H19ClFNO. The molecule has 0 unspecified atom stereocenters. The minimum absolute atomic E-state index is 0.0863. The van der Waals surface area contributed by atoms with Crippen molar-refractivity contribution >= 4 is 17.5 Å². The van der Waals surface area contributed by atoms with Crippen molar-refractivity contribution in [3.8, 4) is 11.1 Å². The minimum Gasteiger partial charge on any atom is -0.341 e. The van der Waals surface area contributed by atoms with Gasteiger partial charge in [0.2, 0.25) is 5.91 Å². The van der Waals surface area contributed by atoms with Crippen LogP contribution >= 0.6 is 11.6 Å². The zero-order valence-electron chi connectivity index (χ0n) is 14.5. The lowest BCUT2D eigenvalue weighted by Gasteiger charge is -2.18. The van der Waals surface area contributed by atoms with Gasteiger partial charge in [0.15, 0.2) is 0 Å². The lowest BCUT2D eigenvalue weighted by molar-refractivity contribution is -0.129. The van der Waals surface area contributed by atoms with Gasteiger partial charge in [0.1, 0.15) is 5.82 Å². The molecule has 132 valence electrons. The van der Waals surface area contributed by atoms with Crippen LogP contribution in [0.3, 0.4) is 0 Å². The van der Waals surface area contributed by atoms with Gasteiger partial charge in [0, 0.05) is 24.2 Å². The van der Waals surface area contributed by atoms with Crippen LogP contribution in [0.5, 0.6) is 0 Å². The van der Waals surface area contributed by atoms with Crippen molar-refractivity contribution in [3.63, 3.8) is 0 Å². The highest BCUT2D eigenvalue weighted by molar-refractivity contribution is 6.31. The molecule has 3 rings (SSSR count). The molecule has 3 aromatic carbocycles. The third kappa shape index (κ3) is 4.30. The van der Waals surface area contributed by atoms with Crippen LogP contribution in [0.15, 0.2) is 72.8 Å². The molecule has 3 aromatic rings. The van der Waals surface area contributed by atoms with Crippen LogP contribution in [0.25, 0.3) is 11.1 Å². The van der Waals surface area contributed by atoms with Crippen molar-refractivity contribution in [2.24, 2.45) is 0 Å². The summed E-state index contributed by atoms with van der Waals surface area (Å²) in [5, 5.41) is 0.330. The molecule has 0 aromatic heterocycles. The first-order valence-corrected chi connectivity index (χ1v) is 8.73. The van der Waals surface area contributed by atoms with E-state index in [4.69, 9.17) is 11.6 Å². The maximum atomic E-state index is 13.9. The fourth-order valence-corrected chi connectivity index (χ4v) is 2.99. The van der Waals surface area contributed by atoms with Crippen LogP contribution in [0.4, 0.5) is 4.39 Å². The SMILES string of the molecule is CN(Cc1c(F)cccc1Cl)C(=O)Cc1ccc(-c2ccccc2)cc1. The summed E-state index contributed by atoms with van der Waals surface area (Å²) in [4.78, 5) is 14.0. The molecule has 0 N–H and O–H groups in total. The van der Waals surface area contributed by atoms with E-state index < -0.39 is 5.82 Å². The molecule has 0 saturated carbocycles. The minimum atomic E-state index is -0.399. The van der Waals surface area contributed by atoms with Gasteiger partial charge in [-0.1, -0.05) is 72.3 Å². The van der Waals surface area contributed by atoms with Crippen molar-refractivity contribution in [1.29, 1.82) is 0 Å². The molecule has 0 spiro atoms. The molecule has 0 atom stereocenters. The summed E-state index contributed by atoms with van der Waals surface area (Å²) < 4.78 is 13.9. The third-order valence-corrected chi connectivity index (χ3v) is 4.65. The third-order valence-electron chi connectivity index (χ3n) is 4.30. The standard InChI is InChI=1S/C22H19ClFNO/c1-25(15-19-20(23)8-5-9-21(19)24)22(26)14-16-10-12-18(13-11-16)17-6-3-2-4-7-17/h2-13H,14-15H2,1H3. The van der Waals surface area contributed by atoms with Gasteiger partial charge in [0.25, 0.3) is 0 Å². The first kappa shape index (κ1) is 18.2. The van der Waals surface area contributed by atoms with Crippen LogP contribution in [-0.2, 0) is 17.8 Å². The van der Waals surface area contributed by atoms with Crippen LogP contribution in [0, 0.1) is 5.82 Å². The number of carbonyl (C=O) groups excluding carboxylic acids is 1. The van der Waals surface area contributed by atoms with Gasteiger partial charge in [-0.15, -0.1) is 0 Å². The molecule has 0 bridgehead atoms. The second-order valence-corrected chi connectivity index (χ2v) is 6.60. The Kier molecular flexibility index (Phi) is 5.69. The van der Waals surface area contributed by atoms with E-state index in [0.29, 0.717) is 10.6 Å². The number of likely N-dealkylation sites (N-methyl/N-ethyl adjacent to an activating group) is 1. The number of hydrogen-bond acceptors (Lipinski definition) is 1. The summed E-state index contributed by atoms with van der Waals surface area (Å²) >= 11 is 6.04. The number of rotatable bonds is 5. The first-order valence-electron chi connectivity index (χ1n) is 8.36. The molecule has 2 nitrogen and oxygen atoms in total. The van der Waals surface area contributed by atoms with Crippen molar-refractivity contribution in [2.45, 2.75) is 13.0 Å². The van der Waals surface area contributed by atoms with E-state index in [-0.39, 0.29) is 18.9 Å². The summed E-state index contributed by atoms with van der Waals surface area (Å²) in [6.45, 7) is 0.145. The number of halogens is 2. The van der Waals surface area contributed by atoms with Gasteiger partial charge in [-0.05, 0) is 28.8 Å². The molecule has 0 heterocycles. The van der Waals surface area contributed by atoms with Crippen LogP contribution in [0.2, 0.25) is 5.02 Å². The fraction of sp³-hybridized carbons (Fsp3) is 0.136. The number of carbonyl (C=O) groups is 1. The Balaban J connectivity index is 1.66. The predicted molar refractivity (Wildman–Crippen MR) is 103 cm³/mol. The summed E-state index contributed by atoms with van der Waals surface area (Å²) in [5.74, 6) is -0.485. The molecular weight excluding hydrogens is 349 g/mol. The lowest BCUT2D eigenvalue weighted by Crippen LogP contribution is -2.28. The van der Waals surface area contributed by atoms with Gasteiger partial charge in [-0.3, -0.25) is 4.79 Å². The Bertz CT molecular complexity index is 874. The average Bonchev–Trinajstić information content (AvgIpc) is 2.66. The smallest absolute Gasteiger partial charge is 0.227 e. The van der Waals surface area contributed by atoms with E-state index in [9.17, 15) is 9.18 Å². The number of amides is 1. The molecule has 26 heavy (non-hydrogen) atoms. The average molecular weight is 368 g/mol. The number of hydrogen-bond donors (Lipinski definition) is 0. The maximum absolute atomic E-state index is 13.9. The zero-order chi connectivity index (χ0) is 18.5. The molecule has 0 radical (unpaired) electrons. The Hall–Kier alpha value is -2.65. The van der Waals surface area contributed by atoms with E-state index in [1.54, 1.807) is 19.2 Å². The Morgan fingerprint density at radius 2 is 1.58 bits per heavy atom. The topological polar surface area (TPSA) is 20.3 Å². The largest absolute Gasteiger partial charge is 0.341 e. The Labute approximate surface area is 157 Å². The van der Waals surface area contributed by atoms with Gasteiger partial charge >= 0.3 is 0 Å². The molecule has 0 aliphatic heterocycles. The number of nitrogens with zero attached hydrogens (tertiary/aromatic N) is 1. The Morgan fingerprint density at radius 3 is 2.23 bits per heavy atom. The lowest BCUT2D eigenvalue weighted by atomic mass is 10.0. The van der Waals surface area contributed by atoms with E-state index >= 15 is 0 Å². The number of benzene rings is 3. The van der Waals surface area contributed by atoms with Crippen molar-refractivity contribution in [3.05, 3.63) is 94.8 Å². The highest BCUT2D eigenvalue weighted by Gasteiger charge is 2.14. The van der Waals surface area contributed by atoms with Crippen LogP contribution in [0.1, 0.15) is 11.1 Å². The van der Waals surface area contributed by atoms with Gasteiger partial charge in [-0.2, -0.15) is 0 Å². The highest BCUT2D eigenvalue weighted by atomic mass is 35.5. The Morgan fingerprint density at radius 1 is 0.923 bits per heavy atom. The fourth-order valence-electron chi connectivity index (χ4n) is 2.76. The van der Waals surface area contributed by atoms with Crippen molar-refractivity contribution in [1.82, 2.24) is 4.90 Å². The second kappa shape index (κ2) is 8.15. The van der Waals surface area contributed by atoms with Gasteiger partial charge < -0.3 is 4.90 Å². The molecule has 0 fully saturated rings. The van der Waals surface area contributed by atoms with E-state index in [1.165, 1.54) is 11.0 Å². The first-order chi connectivity index (χ1) is 12.5. The van der Waals surface area contributed by atoms with Crippen LogP contribution < -0.4 is 0 Å². The van der Waals surface area contributed by atoms with Gasteiger partial charge in [0.05, 0.1) is 6.42 Å². The highest BCUT2D eigenvalue weighted by Crippen LogP contribution is 2.22. The van der Waals surface area contributed by atoms with Crippen molar-refractivity contribution in [2.75, 3.05) is 7.05 Å². The molecule has 0 saturated heterocycles. The van der Waals surface area contributed by atoms with E-state index in [1.807, 2.05) is 54.6 Å². The molecule has 0 aliphatic carbocycles. The van der Waals surface area contributed by atoms with Gasteiger partial charge in [-0.25, -0.2) is 4.39 Å². The van der Waals surface area contributed by atoms with Crippen molar-refractivity contribution < 1.29 is 9.18 Å². The summed E-state index contributed by atoms with van der Waals surface area (Å²) in [7, 11) is 1.66. The maximum Gasteiger partial charge on any atom is 0.227 e. The summed E-state index contributed by atoms with van der Waals surface area (Å²) in [5.41, 5.74) is 3.50. The predicted octanol–water partition coefficient (Wildman–Crippen LogP) is 5.35. The zero-order valence-corrected chi connectivity index (χ0v) is 15.2. The quantitative estimate of drug-likeness (QED) is 0.595. The molecule has 4 heteroatoms. The molecule has 0 aliphatic rings. The summed E-state index contributed by atoms with van der Waals surface area (Å²) in [6, 6.07) is 22.5. The normalized spacial score (nSPS) is 10.6. The van der Waals surface area contributed by atoms with Crippen LogP contribution in [-0.4, -0.2) is 17.9 Å². The van der Waals surface area contributed by atoms with E-state index in [0.717, 1.165) is 16.7 Å². The monoisotopic (exact) mass is 367 g/mol. The molecule has 1 amide bonds. The second-order valence-electron chi connectivity index (χ2n) is 6.19. The van der Waals surface area contributed by atoms with E-state index in [2.05, 4.69) is 0 Å². The summed E-state index contributed by atoms with van der Waals surface area (Å²) in [6.07, 6.45) is 0.262.